The monoisotopic (exact) mass is 434 g/mol. The average molecular weight is 435 g/mol. The minimum atomic E-state index is -1.84. The molecule has 1 saturated heterocycles. The van der Waals surface area contributed by atoms with E-state index in [4.69, 9.17) is 37.1 Å². The van der Waals surface area contributed by atoms with Crippen molar-refractivity contribution in [1.82, 2.24) is 10.3 Å². The Labute approximate surface area is 174 Å². The fourth-order valence-corrected chi connectivity index (χ4v) is 5.02. The summed E-state index contributed by atoms with van der Waals surface area (Å²) in [6.07, 6.45) is 2.02. The average Bonchev–Trinajstić information content (AvgIpc) is 3.06. The van der Waals surface area contributed by atoms with Gasteiger partial charge in [-0.3, -0.25) is 0 Å². The molecule has 1 aromatic rings. The number of rotatable bonds is 7. The van der Waals surface area contributed by atoms with Gasteiger partial charge >= 0.3 is 0 Å². The topological polar surface area (TPSA) is 52.6 Å². The van der Waals surface area contributed by atoms with Crippen molar-refractivity contribution in [3.8, 4) is 0 Å². The van der Waals surface area contributed by atoms with Crippen molar-refractivity contribution in [2.45, 2.75) is 70.7 Å². The number of hydrogen-bond donors (Lipinski definition) is 1. The molecule has 2 atom stereocenters. The van der Waals surface area contributed by atoms with Crippen LogP contribution in [0.2, 0.25) is 28.3 Å². The van der Waals surface area contributed by atoms with Crippen molar-refractivity contribution < 1.29 is 13.9 Å². The van der Waals surface area contributed by atoms with Crippen LogP contribution in [0.4, 0.5) is 0 Å². The summed E-state index contributed by atoms with van der Waals surface area (Å²) in [6, 6.07) is -0.0119. The van der Waals surface area contributed by atoms with E-state index in [1.165, 1.54) is 0 Å². The SMILES string of the molecule is CN[C@H](CC(C)O[Si](C)(C)C(C)(C)C)c1cnc(Cl)c(C2OCCO2)c1Cl. The predicted octanol–water partition coefficient (Wildman–Crippen LogP) is 5.49. The van der Waals surface area contributed by atoms with Crippen molar-refractivity contribution >= 4 is 31.5 Å². The van der Waals surface area contributed by atoms with E-state index in [-0.39, 0.29) is 17.2 Å². The first kappa shape index (κ1) is 23.1. The molecule has 1 aliphatic heterocycles. The van der Waals surface area contributed by atoms with Crippen LogP contribution >= 0.6 is 23.2 Å². The Kier molecular flexibility index (Phi) is 7.75. The van der Waals surface area contributed by atoms with Crippen LogP contribution in [0.5, 0.6) is 0 Å². The molecule has 1 fully saturated rings. The molecule has 0 saturated carbocycles. The molecule has 1 N–H and O–H groups in total. The number of ether oxygens (including phenoxy) is 2. The second-order valence-electron chi connectivity index (χ2n) is 8.57. The third-order valence-corrected chi connectivity index (χ3v) is 10.8. The Bertz CT molecular complexity index is 647. The van der Waals surface area contributed by atoms with Gasteiger partial charge in [0.2, 0.25) is 0 Å². The van der Waals surface area contributed by atoms with Crippen LogP contribution in [0.15, 0.2) is 6.20 Å². The molecule has 0 aliphatic carbocycles. The molecule has 0 bridgehead atoms. The molecule has 5 nitrogen and oxygen atoms in total. The van der Waals surface area contributed by atoms with Gasteiger partial charge in [0.25, 0.3) is 0 Å². The van der Waals surface area contributed by atoms with Crippen LogP contribution in [-0.2, 0) is 13.9 Å². The third-order valence-electron chi connectivity index (χ3n) is 5.48. The smallest absolute Gasteiger partial charge is 0.192 e. The molecule has 2 rings (SSSR count). The van der Waals surface area contributed by atoms with Crippen molar-refractivity contribution in [1.29, 1.82) is 0 Å². The number of nitrogens with one attached hydrogen (secondary N) is 1. The molecule has 8 heteroatoms. The van der Waals surface area contributed by atoms with Crippen LogP contribution in [0, 0.1) is 0 Å². The first-order valence-corrected chi connectivity index (χ1v) is 13.1. The van der Waals surface area contributed by atoms with Gasteiger partial charge in [-0.25, -0.2) is 4.98 Å². The first-order valence-electron chi connectivity index (χ1n) is 9.40. The standard InChI is InChI=1S/C19H32Cl2N2O3Si/c1-12(26-27(6,7)19(2,3)4)10-14(22-5)13-11-23-17(21)15(16(13)20)18-24-8-9-25-18/h11-12,14,18,22H,8-10H2,1-7H3/t12?,14-/m1/s1. The maximum absolute atomic E-state index is 6.70. The molecule has 27 heavy (non-hydrogen) atoms. The highest BCUT2D eigenvalue weighted by atomic mass is 35.5. The van der Waals surface area contributed by atoms with E-state index in [1.54, 1.807) is 6.20 Å². The van der Waals surface area contributed by atoms with Gasteiger partial charge in [-0.1, -0.05) is 44.0 Å². The van der Waals surface area contributed by atoms with Crippen molar-refractivity contribution in [2.24, 2.45) is 0 Å². The van der Waals surface area contributed by atoms with Gasteiger partial charge in [0, 0.05) is 23.9 Å². The molecule has 1 aromatic heterocycles. The number of pyridine rings is 1. The van der Waals surface area contributed by atoms with Crippen LogP contribution in [0.1, 0.15) is 57.6 Å². The molecule has 154 valence electrons. The van der Waals surface area contributed by atoms with Gasteiger partial charge in [-0.2, -0.15) is 0 Å². The van der Waals surface area contributed by atoms with Crippen molar-refractivity contribution in [2.75, 3.05) is 20.3 Å². The van der Waals surface area contributed by atoms with E-state index in [1.807, 2.05) is 7.05 Å². The molecule has 1 unspecified atom stereocenters. The molecule has 1 aliphatic rings. The Morgan fingerprint density at radius 1 is 1.30 bits per heavy atom. The molecular formula is C19H32Cl2N2O3Si. The number of aromatic nitrogens is 1. The quantitative estimate of drug-likeness (QED) is 0.453. The Hall–Kier alpha value is -0.213. The number of halogens is 2. The lowest BCUT2D eigenvalue weighted by Crippen LogP contribution is -2.44. The summed E-state index contributed by atoms with van der Waals surface area (Å²) in [5.74, 6) is 0. The van der Waals surface area contributed by atoms with Crippen LogP contribution in [0.25, 0.3) is 0 Å². The zero-order valence-corrected chi connectivity index (χ0v) is 19.9. The minimum Gasteiger partial charge on any atom is -0.414 e. The second-order valence-corrected chi connectivity index (χ2v) is 14.1. The van der Waals surface area contributed by atoms with Gasteiger partial charge in [0.05, 0.1) is 23.8 Å². The summed E-state index contributed by atoms with van der Waals surface area (Å²) in [7, 11) is 0.0729. The molecule has 0 radical (unpaired) electrons. The first-order chi connectivity index (χ1) is 12.5. The van der Waals surface area contributed by atoms with E-state index in [9.17, 15) is 0 Å². The Morgan fingerprint density at radius 3 is 2.41 bits per heavy atom. The van der Waals surface area contributed by atoms with Gasteiger partial charge in [0.1, 0.15) is 5.15 Å². The van der Waals surface area contributed by atoms with E-state index >= 15 is 0 Å². The Balaban J connectivity index is 2.21. The zero-order valence-electron chi connectivity index (χ0n) is 17.4. The normalized spacial score (nSPS) is 18.7. The third kappa shape index (κ3) is 5.44. The maximum Gasteiger partial charge on any atom is 0.192 e. The summed E-state index contributed by atoms with van der Waals surface area (Å²) in [5, 5.41) is 4.36. The Morgan fingerprint density at radius 2 is 1.89 bits per heavy atom. The summed E-state index contributed by atoms with van der Waals surface area (Å²) in [6.45, 7) is 14.4. The lowest BCUT2D eigenvalue weighted by Gasteiger charge is -2.39. The zero-order chi connectivity index (χ0) is 20.4. The van der Waals surface area contributed by atoms with Gasteiger partial charge < -0.3 is 19.2 Å². The summed E-state index contributed by atoms with van der Waals surface area (Å²) >= 11 is 13.0. The van der Waals surface area contributed by atoms with E-state index in [0.29, 0.717) is 29.0 Å². The fourth-order valence-electron chi connectivity index (χ4n) is 2.93. The highest BCUT2D eigenvalue weighted by Gasteiger charge is 2.39. The van der Waals surface area contributed by atoms with E-state index in [0.717, 1.165) is 12.0 Å². The van der Waals surface area contributed by atoms with Crippen LogP contribution < -0.4 is 5.32 Å². The molecule has 0 spiro atoms. The second kappa shape index (κ2) is 9.07. The highest BCUT2D eigenvalue weighted by Crippen LogP contribution is 2.40. The van der Waals surface area contributed by atoms with Crippen molar-refractivity contribution in [3.63, 3.8) is 0 Å². The summed E-state index contributed by atoms with van der Waals surface area (Å²) < 4.78 is 17.7. The molecule has 2 heterocycles. The van der Waals surface area contributed by atoms with E-state index in [2.05, 4.69) is 51.1 Å². The summed E-state index contributed by atoms with van der Waals surface area (Å²) in [4.78, 5) is 4.32. The molecule has 0 aromatic carbocycles. The lowest BCUT2D eigenvalue weighted by molar-refractivity contribution is -0.0442. The lowest BCUT2D eigenvalue weighted by atomic mass is 10.0. The molecule has 0 amide bonds. The number of nitrogens with zero attached hydrogens (tertiary/aromatic N) is 1. The number of hydrogen-bond acceptors (Lipinski definition) is 5. The van der Waals surface area contributed by atoms with Gasteiger partial charge in [-0.05, 0) is 38.5 Å². The predicted molar refractivity (Wildman–Crippen MR) is 113 cm³/mol. The fraction of sp³-hybridized carbons (Fsp3) is 0.737. The largest absolute Gasteiger partial charge is 0.414 e. The minimum absolute atomic E-state index is 0.0119. The molecular weight excluding hydrogens is 403 g/mol. The van der Waals surface area contributed by atoms with Crippen LogP contribution in [-0.4, -0.2) is 39.7 Å². The highest BCUT2D eigenvalue weighted by molar-refractivity contribution is 6.74. The summed E-state index contributed by atoms with van der Waals surface area (Å²) in [5.41, 5.74) is 1.48. The maximum atomic E-state index is 6.70. The van der Waals surface area contributed by atoms with Crippen LogP contribution in [0.3, 0.4) is 0 Å². The van der Waals surface area contributed by atoms with Gasteiger partial charge in [0.15, 0.2) is 14.6 Å². The van der Waals surface area contributed by atoms with Crippen molar-refractivity contribution in [3.05, 3.63) is 27.5 Å². The van der Waals surface area contributed by atoms with Gasteiger partial charge in [-0.15, -0.1) is 0 Å². The van der Waals surface area contributed by atoms with E-state index < -0.39 is 14.6 Å².